The van der Waals surface area contributed by atoms with E-state index in [-0.39, 0.29) is 35.5 Å². The van der Waals surface area contributed by atoms with Gasteiger partial charge in [-0.2, -0.15) is 0 Å². The molecular weight excluding hydrogens is 318 g/mol. The van der Waals surface area contributed by atoms with Crippen LogP contribution in [0.15, 0.2) is 47.6 Å². The molecule has 1 aliphatic heterocycles. The Balaban J connectivity index is 1.65. The van der Waals surface area contributed by atoms with Gasteiger partial charge in [0.25, 0.3) is 0 Å². The number of ether oxygens (including phenoxy) is 1. The van der Waals surface area contributed by atoms with E-state index in [0.29, 0.717) is 11.4 Å². The van der Waals surface area contributed by atoms with Gasteiger partial charge in [0.1, 0.15) is 5.75 Å². The summed E-state index contributed by atoms with van der Waals surface area (Å²) in [6.45, 7) is 5.42. The molecule has 5 heteroatoms. The van der Waals surface area contributed by atoms with Crippen LogP contribution in [-0.2, 0) is 14.4 Å². The molecule has 25 heavy (non-hydrogen) atoms. The minimum absolute atomic E-state index is 0.0433. The number of carbonyl (C=O) groups is 3. The fraction of sp³-hybridized carbons (Fsp3) is 0.350. The maximum absolute atomic E-state index is 13.0. The maximum Gasteiger partial charge on any atom is 0.308 e. The molecule has 128 valence electrons. The predicted molar refractivity (Wildman–Crippen MR) is 91.7 cm³/mol. The molecule has 2 bridgehead atoms. The van der Waals surface area contributed by atoms with Gasteiger partial charge in [-0.15, -0.1) is 0 Å². The smallest absolute Gasteiger partial charge is 0.308 e. The standard InChI is InChI=1S/C20H19NO4/c1-10(2)16-14-8-9-15(16)18-17(14)19(23)21(20(18)24)12-4-6-13(7-5-12)25-11(3)22/h4-9,14-15,17-18H,1-3H3/t14-,15+,17-,18+. The van der Waals surface area contributed by atoms with Crippen LogP contribution in [0.5, 0.6) is 5.75 Å². The van der Waals surface area contributed by atoms with Crippen molar-refractivity contribution in [3.8, 4) is 5.75 Å². The fourth-order valence-electron chi connectivity index (χ4n) is 4.51. The monoisotopic (exact) mass is 337 g/mol. The first kappa shape index (κ1) is 15.8. The molecule has 4 rings (SSSR count). The number of nitrogens with zero attached hydrogens (tertiary/aromatic N) is 1. The lowest BCUT2D eigenvalue weighted by Gasteiger charge is -2.19. The molecular formula is C20H19NO4. The van der Waals surface area contributed by atoms with Gasteiger partial charge < -0.3 is 4.74 Å². The summed E-state index contributed by atoms with van der Waals surface area (Å²) in [4.78, 5) is 38.3. The lowest BCUT2D eigenvalue weighted by Crippen LogP contribution is -2.33. The third-order valence-corrected chi connectivity index (χ3v) is 5.35. The third kappa shape index (κ3) is 2.18. The Morgan fingerprint density at radius 2 is 1.44 bits per heavy atom. The molecule has 1 saturated carbocycles. The summed E-state index contributed by atoms with van der Waals surface area (Å²) in [6.07, 6.45) is 4.15. The Morgan fingerprint density at radius 3 is 1.88 bits per heavy atom. The zero-order valence-corrected chi connectivity index (χ0v) is 14.4. The van der Waals surface area contributed by atoms with E-state index in [0.717, 1.165) is 0 Å². The molecule has 1 aromatic rings. The number of fused-ring (bicyclic) bond motifs is 5. The van der Waals surface area contributed by atoms with Crippen LogP contribution >= 0.6 is 0 Å². The van der Waals surface area contributed by atoms with E-state index in [1.54, 1.807) is 24.3 Å². The van der Waals surface area contributed by atoms with Crippen LogP contribution in [0.1, 0.15) is 20.8 Å². The number of imide groups is 1. The van der Waals surface area contributed by atoms with Crippen LogP contribution in [0.2, 0.25) is 0 Å². The van der Waals surface area contributed by atoms with Crippen molar-refractivity contribution in [3.05, 3.63) is 47.6 Å². The summed E-state index contributed by atoms with van der Waals surface area (Å²) in [6, 6.07) is 6.48. The van der Waals surface area contributed by atoms with Gasteiger partial charge >= 0.3 is 5.97 Å². The van der Waals surface area contributed by atoms with Crippen molar-refractivity contribution in [3.63, 3.8) is 0 Å². The number of benzene rings is 1. The van der Waals surface area contributed by atoms with Gasteiger partial charge in [-0.3, -0.25) is 14.4 Å². The Morgan fingerprint density at radius 1 is 0.920 bits per heavy atom. The van der Waals surface area contributed by atoms with Gasteiger partial charge in [-0.05, 0) is 38.1 Å². The fourth-order valence-corrected chi connectivity index (χ4v) is 4.51. The highest BCUT2D eigenvalue weighted by molar-refractivity contribution is 6.23. The largest absolute Gasteiger partial charge is 0.427 e. The number of rotatable bonds is 2. The van der Waals surface area contributed by atoms with Gasteiger partial charge in [0.05, 0.1) is 17.5 Å². The van der Waals surface area contributed by atoms with Crippen molar-refractivity contribution in [2.45, 2.75) is 20.8 Å². The van der Waals surface area contributed by atoms with E-state index in [1.807, 2.05) is 13.8 Å². The van der Waals surface area contributed by atoms with E-state index in [4.69, 9.17) is 4.74 Å². The summed E-state index contributed by atoms with van der Waals surface area (Å²) < 4.78 is 5.00. The Kier molecular flexibility index (Phi) is 3.42. The second-order valence-corrected chi connectivity index (χ2v) is 7.04. The first-order valence-corrected chi connectivity index (χ1v) is 8.42. The number of amides is 2. The average molecular weight is 337 g/mol. The second kappa shape index (κ2) is 5.41. The van der Waals surface area contributed by atoms with Gasteiger partial charge in [0.15, 0.2) is 0 Å². The number of hydrogen-bond acceptors (Lipinski definition) is 4. The average Bonchev–Trinajstić information content (AvgIpc) is 3.18. The molecule has 0 radical (unpaired) electrons. The molecule has 1 aromatic carbocycles. The SMILES string of the molecule is CC(=O)Oc1ccc(N2C(=O)[C@@H]3[C@H](C2=O)[C@@H]2C=C[C@H]3C2=C(C)C)cc1. The van der Waals surface area contributed by atoms with Crippen LogP contribution in [0.25, 0.3) is 0 Å². The summed E-state index contributed by atoms with van der Waals surface area (Å²) in [5, 5.41) is 0. The molecule has 3 aliphatic rings. The van der Waals surface area contributed by atoms with Crippen LogP contribution in [0.4, 0.5) is 5.69 Å². The van der Waals surface area contributed by atoms with Crippen LogP contribution in [-0.4, -0.2) is 17.8 Å². The van der Waals surface area contributed by atoms with Gasteiger partial charge in [0, 0.05) is 18.8 Å². The minimum atomic E-state index is -0.410. The number of esters is 1. The first-order valence-electron chi connectivity index (χ1n) is 8.42. The van der Waals surface area contributed by atoms with Crippen molar-refractivity contribution >= 4 is 23.5 Å². The van der Waals surface area contributed by atoms with Crippen molar-refractivity contribution in [1.82, 2.24) is 0 Å². The van der Waals surface area contributed by atoms with Gasteiger partial charge in [-0.25, -0.2) is 4.90 Å². The van der Waals surface area contributed by atoms with Crippen molar-refractivity contribution < 1.29 is 19.1 Å². The van der Waals surface area contributed by atoms with Crippen molar-refractivity contribution in [2.24, 2.45) is 23.7 Å². The highest BCUT2D eigenvalue weighted by atomic mass is 16.5. The zero-order valence-electron chi connectivity index (χ0n) is 14.4. The minimum Gasteiger partial charge on any atom is -0.427 e. The zero-order chi connectivity index (χ0) is 17.9. The maximum atomic E-state index is 13.0. The highest BCUT2D eigenvalue weighted by Crippen LogP contribution is 2.57. The van der Waals surface area contributed by atoms with Gasteiger partial charge in [0.2, 0.25) is 11.8 Å². The molecule has 2 aliphatic carbocycles. The Hall–Kier alpha value is -2.69. The molecule has 0 aromatic heterocycles. The van der Waals surface area contributed by atoms with Crippen LogP contribution in [0, 0.1) is 23.7 Å². The molecule has 0 unspecified atom stereocenters. The number of hydrogen-bond donors (Lipinski definition) is 0. The number of anilines is 1. The van der Waals surface area contributed by atoms with E-state index >= 15 is 0 Å². The summed E-state index contributed by atoms with van der Waals surface area (Å²) in [5.74, 6) is -0.780. The lowest BCUT2D eigenvalue weighted by atomic mass is 9.85. The molecule has 1 saturated heterocycles. The molecule has 2 fully saturated rings. The molecule has 0 N–H and O–H groups in total. The molecule has 5 nitrogen and oxygen atoms in total. The van der Waals surface area contributed by atoms with Gasteiger partial charge in [-0.1, -0.05) is 23.3 Å². The third-order valence-electron chi connectivity index (χ3n) is 5.35. The predicted octanol–water partition coefficient (Wildman–Crippen LogP) is 2.87. The normalized spacial score (nSPS) is 29.4. The lowest BCUT2D eigenvalue weighted by molar-refractivity contribution is -0.132. The first-order chi connectivity index (χ1) is 11.9. The number of carbonyl (C=O) groups excluding carboxylic acids is 3. The Labute approximate surface area is 146 Å². The molecule has 4 atom stereocenters. The Bertz CT molecular complexity index is 811. The number of allylic oxidation sites excluding steroid dienone is 4. The van der Waals surface area contributed by atoms with E-state index in [9.17, 15) is 14.4 Å². The topological polar surface area (TPSA) is 63.7 Å². The highest BCUT2D eigenvalue weighted by Gasteiger charge is 2.61. The molecule has 1 heterocycles. The van der Waals surface area contributed by atoms with Crippen molar-refractivity contribution in [2.75, 3.05) is 4.90 Å². The van der Waals surface area contributed by atoms with Crippen LogP contribution in [0.3, 0.4) is 0 Å². The summed E-state index contributed by atoms with van der Waals surface area (Å²) in [5.41, 5.74) is 2.97. The summed E-state index contributed by atoms with van der Waals surface area (Å²) >= 11 is 0. The van der Waals surface area contributed by atoms with E-state index in [1.165, 1.54) is 23.0 Å². The summed E-state index contributed by atoms with van der Waals surface area (Å²) in [7, 11) is 0. The molecule has 2 amide bonds. The van der Waals surface area contributed by atoms with Crippen molar-refractivity contribution in [1.29, 1.82) is 0 Å². The quantitative estimate of drug-likeness (QED) is 0.360. The molecule has 0 spiro atoms. The van der Waals surface area contributed by atoms with Crippen LogP contribution < -0.4 is 9.64 Å². The van der Waals surface area contributed by atoms with E-state index in [2.05, 4.69) is 12.2 Å². The van der Waals surface area contributed by atoms with E-state index < -0.39 is 5.97 Å². The second-order valence-electron chi connectivity index (χ2n) is 7.04.